The lowest BCUT2D eigenvalue weighted by atomic mass is 9.95. The van der Waals surface area contributed by atoms with Crippen LogP contribution in [0.1, 0.15) is 32.3 Å². The smallest absolute Gasteiger partial charge is 0.235 e. The molecular weight excluding hydrogens is 305 g/mol. The number of rotatable bonds is 6. The van der Waals surface area contributed by atoms with Crippen molar-refractivity contribution < 1.29 is 13.9 Å². The number of amides is 1. The zero-order chi connectivity index (χ0) is 17.2. The Hall–Kier alpha value is -2.36. The van der Waals surface area contributed by atoms with Gasteiger partial charge in [-0.3, -0.25) is 4.79 Å². The van der Waals surface area contributed by atoms with Gasteiger partial charge in [0.25, 0.3) is 0 Å². The predicted octanol–water partition coefficient (Wildman–Crippen LogP) is 4.53. The van der Waals surface area contributed by atoms with Crippen LogP contribution in [-0.4, -0.2) is 12.5 Å². The fraction of sp³-hybridized carbons (Fsp3) is 0.350. The maximum absolute atomic E-state index is 13.1. The first kappa shape index (κ1) is 16.5. The van der Waals surface area contributed by atoms with Gasteiger partial charge in [0, 0.05) is 5.69 Å². The summed E-state index contributed by atoms with van der Waals surface area (Å²) in [6.45, 7) is 4.86. The van der Waals surface area contributed by atoms with Crippen molar-refractivity contribution in [1.29, 1.82) is 0 Å². The highest BCUT2D eigenvalue weighted by atomic mass is 19.1. The summed E-state index contributed by atoms with van der Waals surface area (Å²) >= 11 is 0. The van der Waals surface area contributed by atoms with E-state index in [1.807, 2.05) is 24.3 Å². The first-order chi connectivity index (χ1) is 11.5. The number of carbonyl (C=O) groups is 1. The molecule has 1 aliphatic carbocycles. The van der Waals surface area contributed by atoms with Crippen LogP contribution in [0, 0.1) is 11.7 Å². The van der Waals surface area contributed by atoms with E-state index in [0.29, 0.717) is 12.5 Å². The summed E-state index contributed by atoms with van der Waals surface area (Å²) in [7, 11) is 0. The highest BCUT2D eigenvalue weighted by Crippen LogP contribution is 2.49. The van der Waals surface area contributed by atoms with E-state index >= 15 is 0 Å². The van der Waals surface area contributed by atoms with Crippen molar-refractivity contribution in [2.45, 2.75) is 32.1 Å². The topological polar surface area (TPSA) is 38.3 Å². The monoisotopic (exact) mass is 327 g/mol. The molecule has 0 atom stereocenters. The van der Waals surface area contributed by atoms with E-state index in [4.69, 9.17) is 4.74 Å². The summed E-state index contributed by atoms with van der Waals surface area (Å²) in [5.74, 6) is 0.938. The molecule has 0 aliphatic heterocycles. The Morgan fingerprint density at radius 3 is 2.29 bits per heavy atom. The van der Waals surface area contributed by atoms with Gasteiger partial charge in [0.1, 0.15) is 11.6 Å². The Kier molecular flexibility index (Phi) is 4.56. The minimum absolute atomic E-state index is 0.0371. The lowest BCUT2D eigenvalue weighted by molar-refractivity contribution is -0.118. The van der Waals surface area contributed by atoms with E-state index in [1.165, 1.54) is 12.1 Å². The van der Waals surface area contributed by atoms with Crippen LogP contribution in [0.25, 0.3) is 0 Å². The molecule has 1 amide bonds. The van der Waals surface area contributed by atoms with Crippen LogP contribution in [0.4, 0.5) is 10.1 Å². The van der Waals surface area contributed by atoms with Crippen molar-refractivity contribution in [2.24, 2.45) is 5.92 Å². The minimum Gasteiger partial charge on any atom is -0.493 e. The average molecular weight is 327 g/mol. The van der Waals surface area contributed by atoms with Gasteiger partial charge in [0.05, 0.1) is 12.0 Å². The molecule has 1 N–H and O–H groups in total. The Bertz CT molecular complexity index is 703. The zero-order valence-corrected chi connectivity index (χ0v) is 14.0. The molecule has 0 saturated heterocycles. The highest BCUT2D eigenvalue weighted by Gasteiger charge is 2.51. The second-order valence-electron chi connectivity index (χ2n) is 6.77. The number of ether oxygens (including phenoxy) is 1. The molecular formula is C20H22FNO2. The van der Waals surface area contributed by atoms with E-state index in [1.54, 1.807) is 12.1 Å². The number of hydrogen-bond acceptors (Lipinski definition) is 2. The Labute approximate surface area is 141 Å². The third kappa shape index (κ3) is 3.58. The van der Waals surface area contributed by atoms with Crippen molar-refractivity contribution in [1.82, 2.24) is 0 Å². The maximum atomic E-state index is 13.1. The first-order valence-electron chi connectivity index (χ1n) is 8.30. The Balaban J connectivity index is 1.65. The van der Waals surface area contributed by atoms with Crippen LogP contribution in [0.3, 0.4) is 0 Å². The molecule has 2 aromatic carbocycles. The molecule has 4 heteroatoms. The Morgan fingerprint density at radius 2 is 1.75 bits per heavy atom. The first-order valence-corrected chi connectivity index (χ1v) is 8.30. The molecule has 126 valence electrons. The average Bonchev–Trinajstić information content (AvgIpc) is 3.37. The van der Waals surface area contributed by atoms with Crippen LogP contribution >= 0.6 is 0 Å². The fourth-order valence-corrected chi connectivity index (χ4v) is 2.69. The summed E-state index contributed by atoms with van der Waals surface area (Å²) in [6.07, 6.45) is 1.58. The molecule has 1 saturated carbocycles. The molecule has 0 aromatic heterocycles. The number of halogens is 1. The molecule has 1 aliphatic rings. The molecule has 0 radical (unpaired) electrons. The van der Waals surface area contributed by atoms with Crippen molar-refractivity contribution in [3.8, 4) is 5.75 Å². The lowest BCUT2D eigenvalue weighted by Gasteiger charge is -2.16. The molecule has 0 unspecified atom stereocenters. The van der Waals surface area contributed by atoms with Crippen molar-refractivity contribution in [2.75, 3.05) is 11.9 Å². The molecule has 0 heterocycles. The van der Waals surface area contributed by atoms with Gasteiger partial charge >= 0.3 is 0 Å². The number of benzene rings is 2. The van der Waals surface area contributed by atoms with Gasteiger partial charge in [-0.2, -0.15) is 0 Å². The van der Waals surface area contributed by atoms with Crippen molar-refractivity contribution in [3.63, 3.8) is 0 Å². The lowest BCUT2D eigenvalue weighted by Crippen LogP contribution is -2.27. The second-order valence-corrected chi connectivity index (χ2v) is 6.77. The largest absolute Gasteiger partial charge is 0.493 e. The van der Waals surface area contributed by atoms with Crippen LogP contribution in [-0.2, 0) is 10.2 Å². The number of anilines is 1. The van der Waals surface area contributed by atoms with Crippen LogP contribution in [0.2, 0.25) is 0 Å². The SMILES string of the molecule is CC(C)COc1ccc(NC(=O)C2(c3ccc(F)cc3)CC2)cc1. The summed E-state index contributed by atoms with van der Waals surface area (Å²) in [4.78, 5) is 12.6. The third-order valence-electron chi connectivity index (χ3n) is 4.28. The van der Waals surface area contributed by atoms with Crippen LogP contribution in [0.15, 0.2) is 48.5 Å². The molecule has 1 fully saturated rings. The second kappa shape index (κ2) is 6.63. The van der Waals surface area contributed by atoms with Gasteiger partial charge in [-0.25, -0.2) is 4.39 Å². The van der Waals surface area contributed by atoms with E-state index < -0.39 is 5.41 Å². The third-order valence-corrected chi connectivity index (χ3v) is 4.28. The summed E-state index contributed by atoms with van der Waals surface area (Å²) in [5.41, 5.74) is 1.10. The summed E-state index contributed by atoms with van der Waals surface area (Å²) < 4.78 is 18.7. The van der Waals surface area contributed by atoms with Gasteiger partial charge in [0.2, 0.25) is 5.91 Å². The summed E-state index contributed by atoms with van der Waals surface area (Å²) in [6, 6.07) is 13.6. The van der Waals surface area contributed by atoms with Crippen molar-refractivity contribution >= 4 is 11.6 Å². The quantitative estimate of drug-likeness (QED) is 0.846. The standard InChI is InChI=1S/C20H22FNO2/c1-14(2)13-24-18-9-7-17(8-10-18)22-19(23)20(11-12-20)15-3-5-16(21)6-4-15/h3-10,14H,11-13H2,1-2H3,(H,22,23). The molecule has 2 aromatic rings. The van der Waals surface area contributed by atoms with Crippen LogP contribution < -0.4 is 10.1 Å². The molecule has 3 nitrogen and oxygen atoms in total. The van der Waals surface area contributed by atoms with Crippen LogP contribution in [0.5, 0.6) is 5.75 Å². The maximum Gasteiger partial charge on any atom is 0.235 e. The highest BCUT2D eigenvalue weighted by molar-refractivity contribution is 6.01. The molecule has 24 heavy (non-hydrogen) atoms. The van der Waals surface area contributed by atoms with E-state index in [9.17, 15) is 9.18 Å². The van der Waals surface area contributed by atoms with Gasteiger partial charge < -0.3 is 10.1 Å². The predicted molar refractivity (Wildman–Crippen MR) is 92.7 cm³/mol. The van der Waals surface area contributed by atoms with E-state index in [0.717, 1.165) is 29.8 Å². The molecule has 0 spiro atoms. The van der Waals surface area contributed by atoms with Crippen molar-refractivity contribution in [3.05, 3.63) is 59.9 Å². The Morgan fingerprint density at radius 1 is 1.12 bits per heavy atom. The summed E-state index contributed by atoms with van der Waals surface area (Å²) in [5, 5.41) is 2.96. The zero-order valence-electron chi connectivity index (χ0n) is 14.0. The van der Waals surface area contributed by atoms with E-state index in [-0.39, 0.29) is 11.7 Å². The number of nitrogens with one attached hydrogen (secondary N) is 1. The van der Waals surface area contributed by atoms with Gasteiger partial charge in [0.15, 0.2) is 0 Å². The van der Waals surface area contributed by atoms with E-state index in [2.05, 4.69) is 19.2 Å². The van der Waals surface area contributed by atoms with Gasteiger partial charge in [-0.15, -0.1) is 0 Å². The normalized spacial score (nSPS) is 15.2. The fourth-order valence-electron chi connectivity index (χ4n) is 2.69. The number of carbonyl (C=O) groups excluding carboxylic acids is 1. The van der Waals surface area contributed by atoms with Gasteiger partial charge in [-0.05, 0) is 60.7 Å². The minimum atomic E-state index is -0.513. The number of hydrogen-bond donors (Lipinski definition) is 1. The molecule has 0 bridgehead atoms. The van der Waals surface area contributed by atoms with Gasteiger partial charge in [-0.1, -0.05) is 26.0 Å². The molecule has 3 rings (SSSR count).